The van der Waals surface area contributed by atoms with Crippen LogP contribution in [0.5, 0.6) is 0 Å². The summed E-state index contributed by atoms with van der Waals surface area (Å²) in [4.78, 5) is 18.2. The van der Waals surface area contributed by atoms with E-state index < -0.39 is 31.6 Å². The van der Waals surface area contributed by atoms with Crippen molar-refractivity contribution in [2.75, 3.05) is 36.1 Å². The molecule has 12 heteroatoms. The number of rotatable bonds is 0. The molecule has 4 fully saturated rings. The van der Waals surface area contributed by atoms with Crippen LogP contribution in [-0.2, 0) is 29.3 Å². The van der Waals surface area contributed by atoms with Crippen molar-refractivity contribution in [3.63, 3.8) is 0 Å². The monoisotopic (exact) mass is 384 g/mol. The smallest absolute Gasteiger partial charge is 0.414 e. The molecule has 0 aromatic carbocycles. The third-order valence-electron chi connectivity index (χ3n) is 4.37. The molecule has 4 heterocycles. The molecule has 4 saturated heterocycles. The topological polar surface area (TPSA) is 167 Å². The Morgan fingerprint density at radius 2 is 0.958 bits per heavy atom. The molecule has 0 aliphatic carbocycles. The third-order valence-corrected chi connectivity index (χ3v) is 8.34. The first-order valence-electron chi connectivity index (χ1n) is 7.26. The molecule has 138 valence electrons. The van der Waals surface area contributed by atoms with E-state index in [0.717, 1.165) is 25.9 Å². The van der Waals surface area contributed by atoms with Gasteiger partial charge in [-0.05, 0) is 25.9 Å². The number of sulfone groups is 2. The van der Waals surface area contributed by atoms with Crippen LogP contribution < -0.4 is 10.6 Å². The van der Waals surface area contributed by atoms with E-state index in [0.29, 0.717) is 23.0 Å². The van der Waals surface area contributed by atoms with Crippen LogP contribution in [-0.4, -0.2) is 86.2 Å². The highest BCUT2D eigenvalue weighted by Crippen LogP contribution is 2.32. The zero-order valence-corrected chi connectivity index (χ0v) is 14.5. The zero-order chi connectivity index (χ0) is 18.2. The van der Waals surface area contributed by atoms with Gasteiger partial charge < -0.3 is 20.8 Å². The van der Waals surface area contributed by atoms with E-state index in [-0.39, 0.29) is 11.1 Å². The van der Waals surface area contributed by atoms with Gasteiger partial charge in [-0.1, -0.05) is 0 Å². The number of hydrogen-bond acceptors (Lipinski definition) is 8. The first kappa shape index (κ1) is 19.1. The van der Waals surface area contributed by atoms with Crippen LogP contribution >= 0.6 is 0 Å². The molecule has 4 aliphatic heterocycles. The molecule has 4 aliphatic rings. The average Bonchev–Trinajstić information content (AvgIpc) is 2.29. The second-order valence-electron chi connectivity index (χ2n) is 6.59. The maximum atomic E-state index is 10.7. The Hall–Kier alpha value is -1.24. The van der Waals surface area contributed by atoms with Crippen molar-refractivity contribution >= 4 is 31.6 Å². The molecule has 0 radical (unpaired) electrons. The van der Waals surface area contributed by atoms with E-state index in [1.54, 1.807) is 0 Å². The summed E-state index contributed by atoms with van der Waals surface area (Å²) in [5.41, 5.74) is 0.0810. The summed E-state index contributed by atoms with van der Waals surface area (Å²) in [5.74, 6) is -2.15. The van der Waals surface area contributed by atoms with Gasteiger partial charge in [0.2, 0.25) is 0 Å². The fourth-order valence-electron chi connectivity index (χ4n) is 3.05. The quantitative estimate of drug-likeness (QED) is 0.326. The minimum atomic E-state index is -2.61. The fraction of sp³-hybridized carbons (Fsp3) is 0.833. The molecule has 10 nitrogen and oxygen atoms in total. The number of carbonyl (C=O) groups is 2. The summed E-state index contributed by atoms with van der Waals surface area (Å²) in [7, 11) is -5.22. The normalized spacial score (nSPS) is 28.2. The van der Waals surface area contributed by atoms with E-state index in [4.69, 9.17) is 19.8 Å². The first-order chi connectivity index (χ1) is 10.9. The van der Waals surface area contributed by atoms with Crippen LogP contribution in [0.2, 0.25) is 0 Å². The van der Waals surface area contributed by atoms with Gasteiger partial charge in [0.25, 0.3) is 0 Å². The van der Waals surface area contributed by atoms with Crippen LogP contribution in [0.1, 0.15) is 12.8 Å². The molecule has 0 aromatic rings. The molecular weight excluding hydrogens is 364 g/mol. The van der Waals surface area contributed by atoms with Gasteiger partial charge in [0.15, 0.2) is 19.7 Å². The highest BCUT2D eigenvalue weighted by molar-refractivity contribution is 7.93. The van der Waals surface area contributed by atoms with Gasteiger partial charge in [-0.2, -0.15) is 0 Å². The molecule has 0 atom stereocenters. The molecule has 0 aromatic heterocycles. The van der Waals surface area contributed by atoms with Gasteiger partial charge >= 0.3 is 11.9 Å². The summed E-state index contributed by atoms with van der Waals surface area (Å²) in [6, 6.07) is 0. The Morgan fingerprint density at radius 3 is 1.00 bits per heavy atom. The predicted molar refractivity (Wildman–Crippen MR) is 83.3 cm³/mol. The lowest BCUT2D eigenvalue weighted by atomic mass is 9.92. The maximum absolute atomic E-state index is 10.7. The van der Waals surface area contributed by atoms with Crippen LogP contribution in [0.15, 0.2) is 0 Å². The largest absolute Gasteiger partial charge is 0.473 e. The SMILES string of the molecule is O=C(O)C(=O)O.O=S1(=O)CC2(CCN2)C1.O=S1(=O)CC2(CCN2)C1. The van der Waals surface area contributed by atoms with Crippen molar-refractivity contribution < 1.29 is 36.6 Å². The Balaban J connectivity index is 0.000000134. The highest BCUT2D eigenvalue weighted by Gasteiger charge is 2.52. The molecule has 2 spiro atoms. The zero-order valence-electron chi connectivity index (χ0n) is 12.8. The number of carboxylic acid groups (broad SMARTS) is 2. The Labute approximate surface area is 139 Å². The lowest BCUT2D eigenvalue weighted by Gasteiger charge is -2.49. The lowest BCUT2D eigenvalue weighted by molar-refractivity contribution is -0.159. The molecule has 0 unspecified atom stereocenters. The van der Waals surface area contributed by atoms with Crippen molar-refractivity contribution in [1.82, 2.24) is 10.6 Å². The van der Waals surface area contributed by atoms with Gasteiger partial charge in [0.05, 0.1) is 23.0 Å². The van der Waals surface area contributed by atoms with E-state index >= 15 is 0 Å². The van der Waals surface area contributed by atoms with E-state index in [2.05, 4.69) is 10.6 Å². The van der Waals surface area contributed by atoms with Crippen molar-refractivity contribution in [2.45, 2.75) is 23.9 Å². The van der Waals surface area contributed by atoms with Gasteiger partial charge in [-0.25, -0.2) is 26.4 Å². The predicted octanol–water partition coefficient (Wildman–Crippen LogP) is -2.55. The molecular formula is C12H20N2O8S2. The first-order valence-corrected chi connectivity index (χ1v) is 10.9. The highest BCUT2D eigenvalue weighted by atomic mass is 32.2. The van der Waals surface area contributed by atoms with Crippen molar-refractivity contribution in [1.29, 1.82) is 0 Å². The minimum Gasteiger partial charge on any atom is -0.473 e. The molecule has 24 heavy (non-hydrogen) atoms. The average molecular weight is 384 g/mol. The fourth-order valence-corrected chi connectivity index (χ4v) is 7.23. The summed E-state index contributed by atoms with van der Waals surface area (Å²) in [6.07, 6.45) is 2.10. The molecule has 0 bridgehead atoms. The van der Waals surface area contributed by atoms with Crippen LogP contribution in [0, 0.1) is 0 Å². The number of aliphatic carboxylic acids is 2. The van der Waals surface area contributed by atoms with Crippen LogP contribution in [0.4, 0.5) is 0 Å². The van der Waals surface area contributed by atoms with E-state index in [1.165, 1.54) is 0 Å². The van der Waals surface area contributed by atoms with Crippen molar-refractivity contribution in [2.24, 2.45) is 0 Å². The minimum absolute atomic E-state index is 0.0405. The third kappa shape index (κ3) is 4.43. The summed E-state index contributed by atoms with van der Waals surface area (Å²) in [6.45, 7) is 1.99. The van der Waals surface area contributed by atoms with Gasteiger partial charge in [0.1, 0.15) is 0 Å². The standard InChI is InChI=1S/2C5H9NO2S.C2H2O4/c2*7-9(8)3-5(4-9)1-2-6-5;3-1(4)2(5)6/h2*6H,1-4H2;(H,3,4)(H,5,6). The summed E-state index contributed by atoms with van der Waals surface area (Å²) >= 11 is 0. The number of nitrogens with one attached hydrogen (secondary N) is 2. The Kier molecular flexibility index (Phi) is 4.97. The summed E-state index contributed by atoms with van der Waals surface area (Å²) < 4.78 is 42.6. The lowest BCUT2D eigenvalue weighted by Crippen LogP contribution is -2.71. The second kappa shape index (κ2) is 6.24. The van der Waals surface area contributed by atoms with E-state index in [1.807, 2.05) is 0 Å². The van der Waals surface area contributed by atoms with Gasteiger partial charge in [-0.15, -0.1) is 0 Å². The summed E-state index contributed by atoms with van der Waals surface area (Å²) in [5, 5.41) is 21.1. The van der Waals surface area contributed by atoms with Crippen molar-refractivity contribution in [3.05, 3.63) is 0 Å². The Morgan fingerprint density at radius 1 is 0.708 bits per heavy atom. The second-order valence-corrected chi connectivity index (χ2v) is 10.7. The van der Waals surface area contributed by atoms with Crippen LogP contribution in [0.25, 0.3) is 0 Å². The molecule has 0 saturated carbocycles. The number of carboxylic acids is 2. The van der Waals surface area contributed by atoms with E-state index in [9.17, 15) is 16.8 Å². The molecule has 0 amide bonds. The van der Waals surface area contributed by atoms with Crippen LogP contribution in [0.3, 0.4) is 0 Å². The van der Waals surface area contributed by atoms with Gasteiger partial charge in [-0.3, -0.25) is 0 Å². The van der Waals surface area contributed by atoms with Gasteiger partial charge in [0, 0.05) is 11.1 Å². The molecule has 4 rings (SSSR count). The number of hydrogen-bond donors (Lipinski definition) is 4. The van der Waals surface area contributed by atoms with Crippen molar-refractivity contribution in [3.8, 4) is 0 Å². The molecule has 4 N–H and O–H groups in total. The maximum Gasteiger partial charge on any atom is 0.414 e. The Bertz CT molecular complexity index is 643.